The summed E-state index contributed by atoms with van der Waals surface area (Å²) in [6.07, 6.45) is 8.32. The largest absolute Gasteiger partial charge is 0.496 e. The molecule has 594 valence electrons. The number of fused-ring (bicyclic) bond motifs is 15. The third kappa shape index (κ3) is 18.4. The van der Waals surface area contributed by atoms with Crippen molar-refractivity contribution in [3.05, 3.63) is 283 Å². The van der Waals surface area contributed by atoms with E-state index >= 15 is 0 Å². The van der Waals surface area contributed by atoms with E-state index in [2.05, 4.69) is 234 Å². The predicted molar refractivity (Wildman–Crippen MR) is 466 cm³/mol. The first-order valence-electron chi connectivity index (χ1n) is 40.5. The van der Waals surface area contributed by atoms with Crippen molar-refractivity contribution in [2.24, 2.45) is 0 Å². The minimum absolute atomic E-state index is 0.248. The van der Waals surface area contributed by atoms with Crippen LogP contribution in [0.1, 0.15) is 225 Å². The van der Waals surface area contributed by atoms with E-state index in [1.54, 1.807) is 0 Å². The number of rotatable bonds is 18. The van der Waals surface area contributed by atoms with E-state index in [9.17, 15) is 0 Å². The van der Waals surface area contributed by atoms with E-state index in [1.807, 2.05) is 94.5 Å². The summed E-state index contributed by atoms with van der Waals surface area (Å²) in [5.41, 5.74) is 20.2. The van der Waals surface area contributed by atoms with Gasteiger partial charge in [-0.15, -0.1) is 0 Å². The van der Waals surface area contributed by atoms with Crippen molar-refractivity contribution < 1.29 is 42.6 Å². The lowest BCUT2D eigenvalue weighted by atomic mass is 9.79. The molecular formula is C102H117N3O9. The van der Waals surface area contributed by atoms with Crippen molar-refractivity contribution in [2.75, 3.05) is 61.0 Å². The number of hydrogen-bond acceptors (Lipinski definition) is 12. The quantitative estimate of drug-likeness (QED) is 0.0760. The van der Waals surface area contributed by atoms with Gasteiger partial charge >= 0.3 is 0 Å². The Morgan fingerprint density at radius 3 is 0.588 bits per heavy atom. The van der Waals surface area contributed by atoms with Crippen LogP contribution in [0, 0.1) is 0 Å². The first kappa shape index (κ1) is 81.4. The Balaban J connectivity index is 1.07. The van der Waals surface area contributed by atoms with Crippen LogP contribution in [0.3, 0.4) is 0 Å². The number of benzene rings is 9. The summed E-state index contributed by atoms with van der Waals surface area (Å²) in [5, 5.41) is 3.02. The normalized spacial score (nSPS) is 13.1. The van der Waals surface area contributed by atoms with Crippen LogP contribution in [0.4, 0.5) is 0 Å². The topological polar surface area (TPSA) is 122 Å². The van der Waals surface area contributed by atoms with Crippen LogP contribution in [0.15, 0.2) is 182 Å². The number of aromatic nitrogens is 3. The molecule has 12 aromatic rings. The zero-order chi connectivity index (χ0) is 81.2. The molecule has 0 aliphatic heterocycles. The smallest absolute Gasteiger partial charge is 0.145 e. The van der Waals surface area contributed by atoms with Crippen molar-refractivity contribution in [1.29, 1.82) is 0 Å². The van der Waals surface area contributed by atoms with Crippen LogP contribution in [0.2, 0.25) is 0 Å². The van der Waals surface area contributed by atoms with Crippen molar-refractivity contribution in [2.45, 2.75) is 196 Å². The molecule has 1 aliphatic rings. The van der Waals surface area contributed by atoms with E-state index in [0.29, 0.717) is 55.8 Å². The summed E-state index contributed by atoms with van der Waals surface area (Å²) in [7, 11) is 5.47. The Hall–Kier alpha value is -10.6. The van der Waals surface area contributed by atoms with E-state index in [1.165, 1.54) is 33.4 Å². The molecule has 3 heterocycles. The first-order chi connectivity index (χ1) is 54.1. The Bertz CT molecular complexity index is 4800. The zero-order valence-electron chi connectivity index (χ0n) is 71.3. The van der Waals surface area contributed by atoms with Crippen LogP contribution in [0.5, 0.6) is 51.7 Å². The van der Waals surface area contributed by atoms with E-state index < -0.39 is 0 Å². The summed E-state index contributed by atoms with van der Waals surface area (Å²) < 4.78 is 63.2. The molecule has 0 fully saturated rings. The highest BCUT2D eigenvalue weighted by Gasteiger charge is 2.32. The maximum atomic E-state index is 7.45. The van der Waals surface area contributed by atoms with Crippen LogP contribution < -0.4 is 42.6 Å². The summed E-state index contributed by atoms with van der Waals surface area (Å²) in [6, 6.07) is 58.7. The second-order valence-electron chi connectivity index (χ2n) is 37.0. The number of nitrogens with zero attached hydrogens (tertiary/aromatic N) is 3. The molecule has 0 N–H and O–H groups in total. The monoisotopic (exact) mass is 1530 g/mol. The highest BCUT2D eigenvalue weighted by Crippen LogP contribution is 2.47. The van der Waals surface area contributed by atoms with Gasteiger partial charge in [-0.05, 0) is 169 Å². The Labute approximate surface area is 677 Å². The van der Waals surface area contributed by atoms with Crippen molar-refractivity contribution in [3.8, 4) is 51.7 Å². The first-order valence-corrected chi connectivity index (χ1v) is 40.5. The van der Waals surface area contributed by atoms with Gasteiger partial charge in [0.2, 0.25) is 0 Å². The molecule has 0 saturated heterocycles. The Kier molecular flexibility index (Phi) is 23.6. The second kappa shape index (κ2) is 33.1. The fourth-order valence-corrected chi connectivity index (χ4v) is 15.7. The van der Waals surface area contributed by atoms with Gasteiger partial charge in [0.25, 0.3) is 0 Å². The van der Waals surface area contributed by atoms with Gasteiger partial charge in [-0.3, -0.25) is 15.0 Å². The number of methoxy groups -OCH3 is 3. The molecule has 12 bridgehead atoms. The third-order valence-corrected chi connectivity index (χ3v) is 22.1. The van der Waals surface area contributed by atoms with Crippen molar-refractivity contribution in [1.82, 2.24) is 15.0 Å². The zero-order valence-corrected chi connectivity index (χ0v) is 71.3. The maximum Gasteiger partial charge on any atom is 0.145 e. The minimum Gasteiger partial charge on any atom is -0.496 e. The minimum atomic E-state index is -0.287. The van der Waals surface area contributed by atoms with Gasteiger partial charge in [-0.2, -0.15) is 0 Å². The summed E-state index contributed by atoms with van der Waals surface area (Å²) in [5.74, 6) is 6.91. The third-order valence-electron chi connectivity index (χ3n) is 22.1. The van der Waals surface area contributed by atoms with Gasteiger partial charge in [0.15, 0.2) is 0 Å². The Morgan fingerprint density at radius 2 is 0.404 bits per heavy atom. The number of para-hydroxylation sites is 3. The molecule has 13 rings (SSSR count). The van der Waals surface area contributed by atoms with Crippen LogP contribution in [-0.4, -0.2) is 75.9 Å². The van der Waals surface area contributed by atoms with Crippen LogP contribution in [-0.2, 0) is 71.0 Å². The van der Waals surface area contributed by atoms with Gasteiger partial charge in [-0.25, -0.2) is 0 Å². The molecule has 0 spiro atoms. The molecule has 0 radical (unpaired) electrons. The second-order valence-corrected chi connectivity index (χ2v) is 37.0. The summed E-state index contributed by atoms with van der Waals surface area (Å²) in [4.78, 5) is 14.3. The van der Waals surface area contributed by atoms with Gasteiger partial charge in [-0.1, -0.05) is 252 Å². The van der Waals surface area contributed by atoms with Gasteiger partial charge in [0, 0.05) is 73.3 Å². The highest BCUT2D eigenvalue weighted by atomic mass is 16.5. The lowest BCUT2D eigenvalue weighted by Gasteiger charge is -2.29. The molecule has 1 aliphatic carbocycles. The van der Waals surface area contributed by atoms with E-state index in [0.717, 1.165) is 134 Å². The van der Waals surface area contributed by atoms with Gasteiger partial charge < -0.3 is 42.6 Å². The predicted octanol–water partition coefficient (Wildman–Crippen LogP) is 23.4. The fraction of sp³-hybridized carbons (Fsp3) is 0.382. The summed E-state index contributed by atoms with van der Waals surface area (Å²) >= 11 is 0. The molecular weight excluding hydrogens is 1410 g/mol. The average Bonchev–Trinajstić information content (AvgIpc) is 0.765. The molecule has 0 atom stereocenters. The SMILES string of the molecule is COc1c2cc(C(C)(C)C)cc1Cc1cc(C(C)(C)C)cc(c1OCCOc1cccc3cccnc13)Cc1cc(C(C)(C)C)cc(c1OC)Cc1cc(C(C)(C)C)cc(c1OCCOc1cccc3cccnc13)Cc1cc(C(C)(C)C)cc(c1OC)Cc1cc(C(C)(C)C)cc(c1OCCOc1cccc3cccnc13)C2. The fourth-order valence-electron chi connectivity index (χ4n) is 15.7. The van der Waals surface area contributed by atoms with E-state index in [4.69, 9.17) is 57.6 Å². The average molecular weight is 1530 g/mol. The number of pyridine rings is 3. The van der Waals surface area contributed by atoms with Crippen molar-refractivity contribution in [3.63, 3.8) is 0 Å². The summed E-state index contributed by atoms with van der Waals surface area (Å²) in [6.45, 7) is 42.9. The molecule has 114 heavy (non-hydrogen) atoms. The highest BCUT2D eigenvalue weighted by molar-refractivity contribution is 5.86. The number of ether oxygens (including phenoxy) is 9. The Morgan fingerprint density at radius 1 is 0.228 bits per heavy atom. The maximum absolute atomic E-state index is 7.45. The van der Waals surface area contributed by atoms with Crippen molar-refractivity contribution >= 4 is 32.7 Å². The van der Waals surface area contributed by atoms with E-state index in [-0.39, 0.29) is 72.1 Å². The molecule has 12 nitrogen and oxygen atoms in total. The van der Waals surface area contributed by atoms with Gasteiger partial charge in [0.05, 0.1) is 21.3 Å². The van der Waals surface area contributed by atoms with Gasteiger partial charge in [0.1, 0.15) is 108 Å². The van der Waals surface area contributed by atoms with Crippen LogP contribution in [0.25, 0.3) is 32.7 Å². The number of hydrogen-bond donors (Lipinski definition) is 0. The molecule has 0 unspecified atom stereocenters. The molecule has 0 amide bonds. The molecule has 9 aromatic carbocycles. The molecule has 3 aromatic heterocycles. The van der Waals surface area contributed by atoms with Crippen LogP contribution >= 0.6 is 0 Å². The lowest BCUT2D eigenvalue weighted by molar-refractivity contribution is 0.216. The molecule has 12 heteroatoms. The standard InChI is InChI=1S/C102H117N3O9/c1-97(2,3)79-52-67-46-73-58-82(100(10,11)12)60-75(94(73)112-43-40-109-85-34-22-28-64-31-25-37-103-88(64)85)48-69-54-80(98(4,5)6)56-71(92(69)107-20)50-77-62-84(102(16,17)18)63-78(96(77)114-45-42-111-87-36-24-30-66-33-27-39-105-90(66)87)51-72-57-81(99(7,8)9)55-70(93(72)108-21)49-76-61-83(101(13,14)15)59-74(47-68(53-79)91(67)106-19)95(76)113-44-41-110-86-35-23-29-65-32-26-38-104-89(65)86/h22-39,52-63H,40-51H2,1-21H3. The molecule has 0 saturated carbocycles. The lowest BCUT2D eigenvalue weighted by Crippen LogP contribution is -2.18.